The normalized spacial score (nSPS) is 19.9. The second-order valence-electron chi connectivity index (χ2n) is 7.58. The molecule has 1 saturated carbocycles. The second-order valence-corrected chi connectivity index (χ2v) is 7.58. The molecule has 0 heterocycles. The maximum Gasteiger partial charge on any atom is 0.315 e. The van der Waals surface area contributed by atoms with Gasteiger partial charge in [0, 0.05) is 23.7 Å². The number of rotatable bonds is 7. The number of anilines is 1. The van der Waals surface area contributed by atoms with E-state index in [1.807, 2.05) is 13.0 Å². The van der Waals surface area contributed by atoms with Crippen molar-refractivity contribution >= 4 is 23.5 Å². The number of benzene rings is 2. The number of hydrogen-bond acceptors (Lipinski definition) is 3. The quantitative estimate of drug-likeness (QED) is 0.688. The Morgan fingerprint density at radius 1 is 1.11 bits per heavy atom. The van der Waals surface area contributed by atoms with E-state index < -0.39 is 11.4 Å². The van der Waals surface area contributed by atoms with Gasteiger partial charge in [-0.1, -0.05) is 43.3 Å². The van der Waals surface area contributed by atoms with Gasteiger partial charge in [0.25, 0.3) is 5.91 Å². The molecule has 0 saturated heterocycles. The largest absolute Gasteiger partial charge is 0.481 e. The minimum absolute atomic E-state index is 0.0346. The topological polar surface area (TPSA) is 95.5 Å². The zero-order valence-corrected chi connectivity index (χ0v) is 15.9. The molecule has 2 amide bonds. The molecular weight excluding hydrogens is 356 g/mol. The van der Waals surface area contributed by atoms with Gasteiger partial charge < -0.3 is 15.7 Å². The van der Waals surface area contributed by atoms with Gasteiger partial charge in [0.2, 0.25) is 5.91 Å². The highest BCUT2D eigenvalue weighted by Crippen LogP contribution is 2.38. The third-order valence-electron chi connectivity index (χ3n) is 5.32. The Labute approximate surface area is 164 Å². The molecule has 6 nitrogen and oxygen atoms in total. The van der Waals surface area contributed by atoms with E-state index in [1.54, 1.807) is 55.5 Å². The van der Waals surface area contributed by atoms with Crippen molar-refractivity contribution in [3.63, 3.8) is 0 Å². The summed E-state index contributed by atoms with van der Waals surface area (Å²) in [4.78, 5) is 36.5. The Hall–Kier alpha value is -3.15. The molecule has 3 unspecified atom stereocenters. The molecule has 0 aromatic heterocycles. The fraction of sp³-hybridized carbons (Fsp3) is 0.318. The van der Waals surface area contributed by atoms with E-state index in [9.17, 15) is 19.5 Å². The van der Waals surface area contributed by atoms with Crippen LogP contribution >= 0.6 is 0 Å². The van der Waals surface area contributed by atoms with Gasteiger partial charge in [-0.2, -0.15) is 0 Å². The average molecular weight is 380 g/mol. The number of carbonyl (C=O) groups excluding carboxylic acids is 2. The van der Waals surface area contributed by atoms with Gasteiger partial charge >= 0.3 is 5.97 Å². The predicted octanol–water partition coefficient (Wildman–Crippen LogP) is 3.05. The van der Waals surface area contributed by atoms with Gasteiger partial charge in [-0.15, -0.1) is 0 Å². The van der Waals surface area contributed by atoms with Crippen molar-refractivity contribution in [3.8, 4) is 0 Å². The number of carboxylic acid groups (broad SMARTS) is 1. The second kappa shape index (κ2) is 7.84. The first-order valence-corrected chi connectivity index (χ1v) is 9.29. The van der Waals surface area contributed by atoms with Crippen LogP contribution in [-0.4, -0.2) is 29.4 Å². The molecule has 146 valence electrons. The van der Waals surface area contributed by atoms with E-state index in [2.05, 4.69) is 10.6 Å². The summed E-state index contributed by atoms with van der Waals surface area (Å²) in [5.41, 5.74) is 0.288. The fourth-order valence-corrected chi connectivity index (χ4v) is 3.13. The summed E-state index contributed by atoms with van der Waals surface area (Å²) >= 11 is 0. The molecule has 1 aliphatic carbocycles. The van der Waals surface area contributed by atoms with Crippen molar-refractivity contribution in [2.75, 3.05) is 11.9 Å². The Kier molecular flexibility index (Phi) is 5.49. The summed E-state index contributed by atoms with van der Waals surface area (Å²) in [6, 6.07) is 15.5. The monoisotopic (exact) mass is 380 g/mol. The summed E-state index contributed by atoms with van der Waals surface area (Å²) in [5.74, 6) is -0.997. The zero-order valence-electron chi connectivity index (χ0n) is 15.9. The van der Waals surface area contributed by atoms with Crippen LogP contribution in [0.25, 0.3) is 0 Å². The first kappa shape index (κ1) is 19.6. The van der Waals surface area contributed by atoms with Crippen molar-refractivity contribution in [3.05, 3.63) is 65.7 Å². The Morgan fingerprint density at radius 3 is 2.39 bits per heavy atom. The summed E-state index contributed by atoms with van der Waals surface area (Å²) in [6.45, 7) is 3.56. The van der Waals surface area contributed by atoms with Crippen molar-refractivity contribution in [2.45, 2.75) is 25.7 Å². The lowest BCUT2D eigenvalue weighted by atomic mass is 9.82. The molecule has 0 aliphatic heterocycles. The highest BCUT2D eigenvalue weighted by Gasteiger charge is 2.39. The van der Waals surface area contributed by atoms with Gasteiger partial charge in [-0.05, 0) is 43.0 Å². The molecule has 0 bridgehead atoms. The third-order valence-corrected chi connectivity index (χ3v) is 5.32. The third kappa shape index (κ3) is 4.22. The van der Waals surface area contributed by atoms with Gasteiger partial charge in [-0.25, -0.2) is 0 Å². The molecule has 6 heteroatoms. The number of hydrogen-bond donors (Lipinski definition) is 3. The highest BCUT2D eigenvalue weighted by atomic mass is 16.4. The first-order valence-electron chi connectivity index (χ1n) is 9.29. The van der Waals surface area contributed by atoms with Crippen molar-refractivity contribution in [2.24, 2.45) is 11.8 Å². The Morgan fingerprint density at radius 2 is 1.79 bits per heavy atom. The summed E-state index contributed by atoms with van der Waals surface area (Å²) in [6.07, 6.45) is 0.888. The lowest BCUT2D eigenvalue weighted by Gasteiger charge is -2.25. The number of carboxylic acids is 1. The van der Waals surface area contributed by atoms with Gasteiger partial charge in [0.05, 0.1) is 0 Å². The van der Waals surface area contributed by atoms with Crippen LogP contribution in [0.2, 0.25) is 0 Å². The minimum atomic E-state index is -1.25. The molecule has 3 rings (SSSR count). The summed E-state index contributed by atoms with van der Waals surface area (Å²) < 4.78 is 0. The van der Waals surface area contributed by atoms with Gasteiger partial charge in [0.1, 0.15) is 5.41 Å². The zero-order chi connectivity index (χ0) is 20.3. The number of aliphatic carboxylic acids is 1. The van der Waals surface area contributed by atoms with Crippen LogP contribution in [0.3, 0.4) is 0 Å². The molecule has 2 aromatic rings. The molecule has 3 N–H and O–H groups in total. The molecule has 0 radical (unpaired) electrons. The van der Waals surface area contributed by atoms with E-state index in [4.69, 9.17) is 0 Å². The van der Waals surface area contributed by atoms with Crippen molar-refractivity contribution < 1.29 is 19.5 Å². The number of nitrogens with one attached hydrogen (secondary N) is 2. The van der Waals surface area contributed by atoms with Crippen LogP contribution in [0.1, 0.15) is 36.2 Å². The van der Waals surface area contributed by atoms with Crippen LogP contribution in [0.15, 0.2) is 54.6 Å². The summed E-state index contributed by atoms with van der Waals surface area (Å²) in [5, 5.41) is 15.2. The van der Waals surface area contributed by atoms with Crippen LogP contribution < -0.4 is 10.6 Å². The maximum absolute atomic E-state index is 12.6. The Bertz CT molecular complexity index is 896. The number of carbonyl (C=O) groups is 3. The molecule has 0 spiro atoms. The van der Waals surface area contributed by atoms with E-state index in [1.165, 1.54) is 0 Å². The molecule has 2 aromatic carbocycles. The minimum Gasteiger partial charge on any atom is -0.481 e. The van der Waals surface area contributed by atoms with Crippen molar-refractivity contribution in [1.82, 2.24) is 5.32 Å². The van der Waals surface area contributed by atoms with Crippen LogP contribution in [-0.2, 0) is 15.0 Å². The lowest BCUT2D eigenvalue weighted by molar-refractivity contribution is -0.143. The van der Waals surface area contributed by atoms with Gasteiger partial charge in [-0.3, -0.25) is 14.4 Å². The predicted molar refractivity (Wildman–Crippen MR) is 106 cm³/mol. The molecular formula is C22H24N2O4. The smallest absolute Gasteiger partial charge is 0.315 e. The van der Waals surface area contributed by atoms with Crippen LogP contribution in [0.4, 0.5) is 5.69 Å². The average Bonchev–Trinajstić information content (AvgIpc) is 3.43. The summed E-state index contributed by atoms with van der Waals surface area (Å²) in [7, 11) is 0. The molecule has 1 aliphatic rings. The number of amides is 2. The van der Waals surface area contributed by atoms with Crippen molar-refractivity contribution in [1.29, 1.82) is 0 Å². The standard InChI is InChI=1S/C22H24N2O4/c1-14-11-18(14)20(26)24-17-10-6-7-15(12-17)19(25)23-13-22(2,21(27)28)16-8-4-3-5-9-16/h3-10,12,14,18H,11,13H2,1-2H3,(H,23,25)(H,24,26)(H,27,28). The van der Waals surface area contributed by atoms with E-state index >= 15 is 0 Å². The van der Waals surface area contributed by atoms with E-state index in [0.29, 0.717) is 22.7 Å². The Balaban J connectivity index is 1.68. The van der Waals surface area contributed by atoms with Crippen LogP contribution in [0, 0.1) is 11.8 Å². The maximum atomic E-state index is 12.6. The van der Waals surface area contributed by atoms with Crippen LogP contribution in [0.5, 0.6) is 0 Å². The first-order chi connectivity index (χ1) is 13.3. The SMILES string of the molecule is CC1CC1C(=O)Nc1cccc(C(=O)NCC(C)(C(=O)O)c2ccccc2)c1. The molecule has 3 atom stereocenters. The molecule has 28 heavy (non-hydrogen) atoms. The van der Waals surface area contributed by atoms with E-state index in [0.717, 1.165) is 6.42 Å². The fourth-order valence-electron chi connectivity index (χ4n) is 3.13. The molecule has 1 fully saturated rings. The van der Waals surface area contributed by atoms with E-state index in [-0.39, 0.29) is 24.3 Å². The lowest BCUT2D eigenvalue weighted by Crippen LogP contribution is -2.44. The van der Waals surface area contributed by atoms with Gasteiger partial charge in [0.15, 0.2) is 0 Å². The highest BCUT2D eigenvalue weighted by molar-refractivity contribution is 5.98.